The molecule has 1 aromatic carbocycles. The first-order valence-electron chi connectivity index (χ1n) is 10.3. The molecule has 1 saturated heterocycles. The second-order valence-corrected chi connectivity index (χ2v) is 7.92. The number of pyridine rings is 2. The maximum atomic E-state index is 15.1. The van der Waals surface area contributed by atoms with Gasteiger partial charge in [0.15, 0.2) is 17.3 Å². The number of hydrogen-bond donors (Lipinski definition) is 2. The molecule has 2 aromatic heterocycles. The van der Waals surface area contributed by atoms with E-state index in [0.717, 1.165) is 53.0 Å². The van der Waals surface area contributed by atoms with Crippen LogP contribution in [0.1, 0.15) is 30.1 Å². The number of carboxylic acid groups (broad SMARTS) is 1. The minimum atomic E-state index is -1.56. The van der Waals surface area contributed by atoms with Crippen molar-refractivity contribution in [3.05, 3.63) is 74.8 Å². The number of benzene rings is 1. The van der Waals surface area contributed by atoms with Gasteiger partial charge in [0.1, 0.15) is 17.2 Å². The number of carboxylic acids is 1. The van der Waals surface area contributed by atoms with E-state index in [0.29, 0.717) is 25.7 Å². The van der Waals surface area contributed by atoms with E-state index in [4.69, 9.17) is 5.73 Å². The van der Waals surface area contributed by atoms with Gasteiger partial charge in [0.2, 0.25) is 5.43 Å². The number of halogens is 3. The van der Waals surface area contributed by atoms with Crippen molar-refractivity contribution >= 4 is 22.8 Å². The molecule has 0 amide bonds. The smallest absolute Gasteiger partial charge is 0.341 e. The Morgan fingerprint density at radius 1 is 1.21 bits per heavy atom. The Bertz CT molecular complexity index is 1370. The van der Waals surface area contributed by atoms with Crippen molar-refractivity contribution in [1.82, 2.24) is 9.55 Å². The van der Waals surface area contributed by atoms with E-state index in [1.165, 1.54) is 0 Å². The average molecular weight is 458 g/mol. The van der Waals surface area contributed by atoms with Gasteiger partial charge in [-0.2, -0.15) is 0 Å². The summed E-state index contributed by atoms with van der Waals surface area (Å²) in [6, 6.07) is 3.63. The first kappa shape index (κ1) is 22.5. The molecule has 1 fully saturated rings. The normalized spacial score (nSPS) is 15.7. The Balaban J connectivity index is 1.98. The number of piperidine rings is 1. The minimum Gasteiger partial charge on any atom is -0.477 e. The molecule has 0 aliphatic carbocycles. The van der Waals surface area contributed by atoms with E-state index in [2.05, 4.69) is 4.98 Å². The lowest BCUT2D eigenvalue weighted by Gasteiger charge is -2.31. The Morgan fingerprint density at radius 2 is 1.97 bits per heavy atom. The fourth-order valence-corrected chi connectivity index (χ4v) is 3.99. The molecular weight excluding hydrogens is 437 g/mol. The average Bonchev–Trinajstić information content (AvgIpc) is 2.79. The molecule has 0 saturated carbocycles. The first-order valence-corrected chi connectivity index (χ1v) is 10.3. The second-order valence-electron chi connectivity index (χ2n) is 7.92. The van der Waals surface area contributed by atoms with E-state index < -0.39 is 34.4 Å². The van der Waals surface area contributed by atoms with Crippen LogP contribution >= 0.6 is 0 Å². The van der Waals surface area contributed by atoms with Crippen molar-refractivity contribution in [2.24, 2.45) is 5.73 Å². The Morgan fingerprint density at radius 3 is 2.64 bits per heavy atom. The largest absolute Gasteiger partial charge is 0.477 e. The van der Waals surface area contributed by atoms with Gasteiger partial charge in [-0.3, -0.25) is 9.36 Å². The zero-order valence-electron chi connectivity index (χ0n) is 17.7. The molecule has 7 nitrogen and oxygen atoms in total. The van der Waals surface area contributed by atoms with Gasteiger partial charge in [0.25, 0.3) is 0 Å². The van der Waals surface area contributed by atoms with Crippen LogP contribution in [0, 0.1) is 17.5 Å². The fourth-order valence-electron chi connectivity index (χ4n) is 3.99. The van der Waals surface area contributed by atoms with Crippen molar-refractivity contribution in [2.45, 2.75) is 19.8 Å². The lowest BCUT2D eigenvalue weighted by atomic mass is 9.99. The van der Waals surface area contributed by atoms with Crippen LogP contribution in [0.4, 0.5) is 19.0 Å². The number of nitrogens with two attached hydrogens (primary N) is 1. The van der Waals surface area contributed by atoms with Gasteiger partial charge in [0, 0.05) is 31.9 Å². The number of aromatic nitrogens is 2. The summed E-state index contributed by atoms with van der Waals surface area (Å²) in [4.78, 5) is 30.4. The molecule has 0 atom stereocenters. The highest BCUT2D eigenvalue weighted by atomic mass is 19.1. The molecular formula is C23H21F3N4O3. The Labute approximate surface area is 186 Å². The topological polar surface area (TPSA) is 101 Å². The molecule has 1 aliphatic heterocycles. The van der Waals surface area contributed by atoms with E-state index in [1.54, 1.807) is 4.90 Å². The highest BCUT2D eigenvalue weighted by Crippen LogP contribution is 2.28. The standard InChI is InChI=1S/C23H21F3N4O3/c1-12(9-27)13-3-2-6-29(10-13)22-18(26)8-15-20(31)16(23(32)33)11-30(21(15)28-22)19-5-4-14(24)7-17(19)25/h4-5,7-8,11H,2-3,6,9-10,27H2,1H3,(H,32,33). The molecule has 3 aromatic rings. The minimum absolute atomic E-state index is 0.0525. The molecule has 0 bridgehead atoms. The van der Waals surface area contributed by atoms with Gasteiger partial charge in [-0.15, -0.1) is 0 Å². The van der Waals surface area contributed by atoms with Gasteiger partial charge in [0.05, 0.1) is 11.1 Å². The van der Waals surface area contributed by atoms with Crippen LogP contribution in [0.3, 0.4) is 0 Å². The zero-order valence-corrected chi connectivity index (χ0v) is 17.7. The molecule has 0 spiro atoms. The highest BCUT2D eigenvalue weighted by Gasteiger charge is 2.24. The second kappa shape index (κ2) is 8.70. The summed E-state index contributed by atoms with van der Waals surface area (Å²) >= 11 is 0. The fraction of sp³-hybridized carbons (Fsp3) is 0.261. The van der Waals surface area contributed by atoms with Gasteiger partial charge >= 0.3 is 5.97 Å². The molecule has 1 aliphatic rings. The number of anilines is 1. The van der Waals surface area contributed by atoms with Crippen LogP contribution in [0.25, 0.3) is 16.7 Å². The third-order valence-corrected chi connectivity index (χ3v) is 5.81. The predicted molar refractivity (Wildman–Crippen MR) is 117 cm³/mol. The van der Waals surface area contributed by atoms with E-state index in [1.807, 2.05) is 6.92 Å². The molecule has 33 heavy (non-hydrogen) atoms. The van der Waals surface area contributed by atoms with Crippen molar-refractivity contribution in [3.63, 3.8) is 0 Å². The van der Waals surface area contributed by atoms with Gasteiger partial charge < -0.3 is 15.7 Å². The van der Waals surface area contributed by atoms with Crippen LogP contribution < -0.4 is 16.1 Å². The van der Waals surface area contributed by atoms with E-state index >= 15 is 4.39 Å². The van der Waals surface area contributed by atoms with Gasteiger partial charge in [-0.25, -0.2) is 22.9 Å². The summed E-state index contributed by atoms with van der Waals surface area (Å²) in [7, 11) is 0. The Kier molecular flexibility index (Phi) is 5.94. The first-order chi connectivity index (χ1) is 15.7. The maximum absolute atomic E-state index is 15.1. The van der Waals surface area contributed by atoms with Crippen LogP contribution in [-0.4, -0.2) is 40.3 Å². The van der Waals surface area contributed by atoms with Crippen molar-refractivity contribution in [1.29, 1.82) is 0 Å². The predicted octanol–water partition coefficient (Wildman–Crippen LogP) is 3.38. The van der Waals surface area contributed by atoms with Gasteiger partial charge in [-0.05, 0) is 38.0 Å². The summed E-state index contributed by atoms with van der Waals surface area (Å²) in [6.07, 6.45) is 2.48. The molecule has 3 N–H and O–H groups in total. The number of fused-ring (bicyclic) bond motifs is 1. The van der Waals surface area contributed by atoms with Crippen LogP contribution in [0.2, 0.25) is 0 Å². The summed E-state index contributed by atoms with van der Waals surface area (Å²) < 4.78 is 44.2. The molecule has 172 valence electrons. The van der Waals surface area contributed by atoms with Crippen molar-refractivity contribution in [2.75, 3.05) is 24.5 Å². The quantitative estimate of drug-likeness (QED) is 0.582. The SMILES string of the molecule is CC(CN)=C1CCCN(c2nc3c(cc2F)c(=O)c(C(=O)O)cn3-c2ccc(F)cc2F)C1. The maximum Gasteiger partial charge on any atom is 0.341 e. The molecule has 0 unspecified atom stereocenters. The van der Waals surface area contributed by atoms with Crippen molar-refractivity contribution < 1.29 is 23.1 Å². The zero-order chi connectivity index (χ0) is 23.9. The number of hydrogen-bond acceptors (Lipinski definition) is 5. The number of aromatic carboxylic acids is 1. The lowest BCUT2D eigenvalue weighted by molar-refractivity contribution is 0.0695. The lowest BCUT2D eigenvalue weighted by Crippen LogP contribution is -2.34. The van der Waals surface area contributed by atoms with Gasteiger partial charge in [-0.1, -0.05) is 11.1 Å². The molecule has 4 rings (SSSR count). The number of nitrogens with zero attached hydrogens (tertiary/aromatic N) is 3. The van der Waals surface area contributed by atoms with E-state index in [-0.39, 0.29) is 22.5 Å². The summed E-state index contributed by atoms with van der Waals surface area (Å²) in [5.41, 5.74) is 5.79. The molecule has 3 heterocycles. The number of rotatable bonds is 4. The van der Waals surface area contributed by atoms with Crippen LogP contribution in [0.15, 0.2) is 46.4 Å². The molecule has 10 heteroatoms. The van der Waals surface area contributed by atoms with Crippen molar-refractivity contribution in [3.8, 4) is 5.69 Å². The summed E-state index contributed by atoms with van der Waals surface area (Å²) in [5.74, 6) is -4.25. The van der Waals surface area contributed by atoms with Crippen LogP contribution in [-0.2, 0) is 0 Å². The number of carbonyl (C=O) groups is 1. The monoisotopic (exact) mass is 458 g/mol. The Hall–Kier alpha value is -3.66. The van der Waals surface area contributed by atoms with Crippen LogP contribution in [0.5, 0.6) is 0 Å². The summed E-state index contributed by atoms with van der Waals surface area (Å²) in [6.45, 7) is 3.17. The summed E-state index contributed by atoms with van der Waals surface area (Å²) in [5, 5.41) is 9.11. The third-order valence-electron chi connectivity index (χ3n) is 5.81. The third kappa shape index (κ3) is 4.09. The van der Waals surface area contributed by atoms with E-state index in [9.17, 15) is 23.5 Å². The molecule has 0 radical (unpaired) electrons. The highest BCUT2D eigenvalue weighted by molar-refractivity contribution is 5.92.